The Morgan fingerprint density at radius 1 is 1.38 bits per heavy atom. The summed E-state index contributed by atoms with van der Waals surface area (Å²) in [6.07, 6.45) is 4.09. The highest BCUT2D eigenvalue weighted by Crippen LogP contribution is 2.14. The summed E-state index contributed by atoms with van der Waals surface area (Å²) in [4.78, 5) is 11.7. The molecule has 1 amide bonds. The Labute approximate surface area is 130 Å². The summed E-state index contributed by atoms with van der Waals surface area (Å²) in [6.45, 7) is 3.24. The van der Waals surface area contributed by atoms with Gasteiger partial charge in [0.05, 0.1) is 0 Å². The molecular weight excluding hydrogens is 286 g/mol. The molecule has 0 aliphatic heterocycles. The molecule has 0 spiro atoms. The molecule has 5 heteroatoms. The van der Waals surface area contributed by atoms with Crippen LogP contribution in [0.4, 0.5) is 0 Å². The lowest BCUT2D eigenvalue weighted by atomic mass is 10.1. The Balaban J connectivity index is 2.41. The van der Waals surface area contributed by atoms with Gasteiger partial charge in [-0.2, -0.15) is 5.26 Å². The van der Waals surface area contributed by atoms with E-state index in [4.69, 9.17) is 16.9 Å². The van der Waals surface area contributed by atoms with Crippen molar-refractivity contribution in [2.45, 2.75) is 26.2 Å². The van der Waals surface area contributed by atoms with E-state index >= 15 is 0 Å². The summed E-state index contributed by atoms with van der Waals surface area (Å²) >= 11 is 6.05. The van der Waals surface area contributed by atoms with Crippen molar-refractivity contribution in [2.24, 2.45) is 0 Å². The first kappa shape index (κ1) is 17.1. The first-order valence-corrected chi connectivity index (χ1v) is 7.42. The third-order valence-electron chi connectivity index (χ3n) is 2.92. The van der Waals surface area contributed by atoms with Gasteiger partial charge in [0, 0.05) is 24.3 Å². The van der Waals surface area contributed by atoms with Crippen molar-refractivity contribution in [1.29, 1.82) is 5.26 Å². The van der Waals surface area contributed by atoms with Crippen LogP contribution >= 0.6 is 11.6 Å². The molecule has 0 bridgehead atoms. The predicted molar refractivity (Wildman–Crippen MR) is 84.8 cm³/mol. The molecule has 4 nitrogen and oxygen atoms in total. The van der Waals surface area contributed by atoms with Gasteiger partial charge in [0.2, 0.25) is 0 Å². The fourth-order valence-corrected chi connectivity index (χ4v) is 1.93. The van der Waals surface area contributed by atoms with Crippen LogP contribution in [0.5, 0.6) is 0 Å². The van der Waals surface area contributed by atoms with Crippen molar-refractivity contribution in [3.8, 4) is 6.07 Å². The third-order valence-corrected chi connectivity index (χ3v) is 3.29. The molecule has 112 valence electrons. The fourth-order valence-electron chi connectivity index (χ4n) is 1.70. The lowest BCUT2D eigenvalue weighted by molar-refractivity contribution is -0.117. The molecule has 0 fully saturated rings. The second-order valence-corrected chi connectivity index (χ2v) is 4.98. The summed E-state index contributed by atoms with van der Waals surface area (Å²) in [7, 11) is 0. The second-order valence-electron chi connectivity index (χ2n) is 4.57. The Bertz CT molecular complexity index is 535. The molecule has 2 N–H and O–H groups in total. The number of unbranched alkanes of at least 4 members (excludes halogenated alkanes) is 1. The van der Waals surface area contributed by atoms with Gasteiger partial charge in [0.15, 0.2) is 0 Å². The van der Waals surface area contributed by atoms with Crippen LogP contribution in [-0.4, -0.2) is 19.0 Å². The topological polar surface area (TPSA) is 64.9 Å². The largest absolute Gasteiger partial charge is 0.389 e. The van der Waals surface area contributed by atoms with Crippen LogP contribution in [0.3, 0.4) is 0 Å². The number of amides is 1. The maximum Gasteiger partial charge on any atom is 0.263 e. The highest BCUT2D eigenvalue weighted by Gasteiger charge is 2.07. The first-order chi connectivity index (χ1) is 10.2. The molecule has 0 heterocycles. The predicted octanol–water partition coefficient (Wildman–Crippen LogP) is 2.80. The smallest absolute Gasteiger partial charge is 0.263 e. The van der Waals surface area contributed by atoms with E-state index in [1.165, 1.54) is 6.20 Å². The zero-order valence-electron chi connectivity index (χ0n) is 12.2. The average molecular weight is 306 g/mol. The first-order valence-electron chi connectivity index (χ1n) is 7.04. The SMILES string of the molecule is CCCCNC(=O)/C(C#N)=C\NCCc1ccccc1Cl. The van der Waals surface area contributed by atoms with Crippen LogP contribution in [0.15, 0.2) is 36.0 Å². The Morgan fingerprint density at radius 2 is 2.14 bits per heavy atom. The Hall–Kier alpha value is -1.99. The molecule has 21 heavy (non-hydrogen) atoms. The maximum atomic E-state index is 11.7. The molecule has 0 aliphatic rings. The standard InChI is InChI=1S/C16H20ClN3O/c1-2-3-9-20-16(21)14(11-18)12-19-10-8-13-6-4-5-7-15(13)17/h4-7,12,19H,2-3,8-10H2,1H3,(H,20,21)/b14-12-. The zero-order chi connectivity index (χ0) is 15.5. The Kier molecular flexibility index (Phi) is 8.00. The minimum atomic E-state index is -0.337. The molecular formula is C16H20ClN3O. The van der Waals surface area contributed by atoms with Gasteiger partial charge < -0.3 is 10.6 Å². The number of nitrogens with one attached hydrogen (secondary N) is 2. The van der Waals surface area contributed by atoms with Crippen molar-refractivity contribution in [3.05, 3.63) is 46.6 Å². The molecule has 0 aliphatic carbocycles. The summed E-state index contributed by atoms with van der Waals surface area (Å²) in [5.74, 6) is -0.337. The number of carbonyl (C=O) groups is 1. The van der Waals surface area contributed by atoms with Crippen LogP contribution in [0.2, 0.25) is 5.02 Å². The molecule has 1 aromatic carbocycles. The number of nitriles is 1. The van der Waals surface area contributed by atoms with Crippen LogP contribution < -0.4 is 10.6 Å². The molecule has 1 aromatic rings. The molecule has 0 saturated heterocycles. The van der Waals surface area contributed by atoms with Crippen molar-refractivity contribution in [3.63, 3.8) is 0 Å². The minimum absolute atomic E-state index is 0.0882. The maximum absolute atomic E-state index is 11.7. The number of hydrogen-bond acceptors (Lipinski definition) is 3. The normalized spacial score (nSPS) is 10.8. The summed E-state index contributed by atoms with van der Waals surface area (Å²) in [6, 6.07) is 9.51. The quantitative estimate of drug-likeness (QED) is 0.441. The number of carbonyl (C=O) groups excluding carboxylic acids is 1. The number of hydrogen-bond donors (Lipinski definition) is 2. The monoisotopic (exact) mass is 305 g/mol. The van der Waals surface area contributed by atoms with Crippen molar-refractivity contribution in [2.75, 3.05) is 13.1 Å². The summed E-state index contributed by atoms with van der Waals surface area (Å²) in [5, 5.41) is 15.4. The Morgan fingerprint density at radius 3 is 2.81 bits per heavy atom. The van der Waals surface area contributed by atoms with Gasteiger partial charge in [-0.25, -0.2) is 0 Å². The fraction of sp³-hybridized carbons (Fsp3) is 0.375. The van der Waals surface area contributed by atoms with E-state index in [1.54, 1.807) is 0 Å². The van der Waals surface area contributed by atoms with Crippen LogP contribution in [0.25, 0.3) is 0 Å². The van der Waals surface area contributed by atoms with Crippen LogP contribution in [-0.2, 0) is 11.2 Å². The number of halogens is 1. The van der Waals surface area contributed by atoms with Gasteiger partial charge in [0.25, 0.3) is 5.91 Å². The van der Waals surface area contributed by atoms with Crippen molar-refractivity contribution in [1.82, 2.24) is 10.6 Å². The molecule has 0 radical (unpaired) electrons. The van der Waals surface area contributed by atoms with E-state index in [-0.39, 0.29) is 11.5 Å². The number of benzene rings is 1. The molecule has 0 aromatic heterocycles. The second kappa shape index (κ2) is 9.84. The van der Waals surface area contributed by atoms with E-state index in [0.717, 1.165) is 29.8 Å². The van der Waals surface area contributed by atoms with Crippen LogP contribution in [0, 0.1) is 11.3 Å². The van der Waals surface area contributed by atoms with Gasteiger partial charge in [-0.15, -0.1) is 0 Å². The van der Waals surface area contributed by atoms with E-state index in [1.807, 2.05) is 37.3 Å². The van der Waals surface area contributed by atoms with Crippen molar-refractivity contribution >= 4 is 17.5 Å². The molecule has 1 rings (SSSR count). The molecule has 0 unspecified atom stereocenters. The van der Waals surface area contributed by atoms with Crippen LogP contribution in [0.1, 0.15) is 25.3 Å². The van der Waals surface area contributed by atoms with E-state index in [9.17, 15) is 4.79 Å². The van der Waals surface area contributed by atoms with Gasteiger partial charge >= 0.3 is 0 Å². The summed E-state index contributed by atoms with van der Waals surface area (Å²) < 4.78 is 0. The van der Waals surface area contributed by atoms with Gasteiger partial charge in [-0.1, -0.05) is 43.1 Å². The summed E-state index contributed by atoms with van der Waals surface area (Å²) in [5.41, 5.74) is 1.12. The minimum Gasteiger partial charge on any atom is -0.389 e. The lowest BCUT2D eigenvalue weighted by Gasteiger charge is -2.05. The lowest BCUT2D eigenvalue weighted by Crippen LogP contribution is -2.26. The zero-order valence-corrected chi connectivity index (χ0v) is 12.9. The molecule has 0 saturated carbocycles. The average Bonchev–Trinajstić information content (AvgIpc) is 2.49. The highest BCUT2D eigenvalue weighted by atomic mass is 35.5. The third kappa shape index (κ3) is 6.33. The van der Waals surface area contributed by atoms with Gasteiger partial charge in [-0.3, -0.25) is 4.79 Å². The number of rotatable bonds is 8. The number of nitrogens with zero attached hydrogens (tertiary/aromatic N) is 1. The van der Waals surface area contributed by atoms with E-state index < -0.39 is 0 Å². The van der Waals surface area contributed by atoms with E-state index in [2.05, 4.69) is 10.6 Å². The van der Waals surface area contributed by atoms with E-state index in [0.29, 0.717) is 13.1 Å². The van der Waals surface area contributed by atoms with Gasteiger partial charge in [0.1, 0.15) is 11.6 Å². The van der Waals surface area contributed by atoms with Crippen molar-refractivity contribution < 1.29 is 4.79 Å². The molecule has 0 atom stereocenters. The van der Waals surface area contributed by atoms with Gasteiger partial charge in [-0.05, 0) is 24.5 Å². The highest BCUT2D eigenvalue weighted by molar-refractivity contribution is 6.31.